The van der Waals surface area contributed by atoms with Gasteiger partial charge in [0.2, 0.25) is 0 Å². The molecule has 0 spiro atoms. The number of aromatic nitrogens is 3. The number of nitrogens with two attached hydrogens (primary N) is 1. The average Bonchev–Trinajstić information content (AvgIpc) is 2.27. The highest BCUT2D eigenvalue weighted by molar-refractivity contribution is 6.14. The normalized spacial score (nSPS) is 10.6. The fourth-order valence-corrected chi connectivity index (χ4v) is 1.07. The smallest absolute Gasteiger partial charge is 0.116 e. The van der Waals surface area contributed by atoms with E-state index in [2.05, 4.69) is 10.2 Å². The molecule has 0 unspecified atom stereocenters. The fraction of sp³-hybridized carbons (Fsp3) is 0. The minimum Gasteiger partial charge on any atom is -0.399 e. The predicted molar refractivity (Wildman–Crippen MR) is 43.2 cm³/mol. The molecule has 0 fully saturated rings. The molecule has 2 aromatic rings. The quantitative estimate of drug-likeness (QED) is 0.598. The van der Waals surface area contributed by atoms with Crippen LogP contribution in [0.3, 0.4) is 0 Å². The van der Waals surface area contributed by atoms with Gasteiger partial charge < -0.3 is 5.73 Å². The highest BCUT2D eigenvalue weighted by Crippen LogP contribution is 2.12. The summed E-state index contributed by atoms with van der Waals surface area (Å²) in [5.74, 6) is 0. The molecule has 5 heteroatoms. The van der Waals surface area contributed by atoms with Gasteiger partial charge in [0.05, 0.1) is 11.8 Å². The standard InChI is InChI=1S/C6H5ClN4/c7-11-9-5-2-1-4(8)3-6(5)10-11/h1-3H,8H2. The van der Waals surface area contributed by atoms with Crippen LogP contribution in [0.4, 0.5) is 5.69 Å². The maximum atomic E-state index is 5.51. The number of hydrogen-bond donors (Lipinski definition) is 1. The number of rotatable bonds is 0. The maximum absolute atomic E-state index is 5.51. The number of benzene rings is 1. The van der Waals surface area contributed by atoms with Gasteiger partial charge >= 0.3 is 0 Å². The van der Waals surface area contributed by atoms with Crippen LogP contribution in [-0.2, 0) is 0 Å². The molecule has 0 saturated carbocycles. The number of anilines is 1. The van der Waals surface area contributed by atoms with Crippen LogP contribution in [0.1, 0.15) is 0 Å². The van der Waals surface area contributed by atoms with Crippen LogP contribution in [0.15, 0.2) is 18.2 Å². The van der Waals surface area contributed by atoms with Crippen molar-refractivity contribution in [1.29, 1.82) is 0 Å². The third-order valence-corrected chi connectivity index (χ3v) is 1.53. The molecule has 11 heavy (non-hydrogen) atoms. The van der Waals surface area contributed by atoms with E-state index in [-0.39, 0.29) is 0 Å². The summed E-state index contributed by atoms with van der Waals surface area (Å²) in [7, 11) is 0. The Morgan fingerprint density at radius 2 is 2.00 bits per heavy atom. The zero-order chi connectivity index (χ0) is 7.84. The molecule has 0 bridgehead atoms. The Bertz CT molecular complexity index is 394. The largest absolute Gasteiger partial charge is 0.399 e. The zero-order valence-electron chi connectivity index (χ0n) is 5.53. The van der Waals surface area contributed by atoms with Crippen molar-refractivity contribution in [3.05, 3.63) is 18.2 Å². The Balaban J connectivity index is 2.82. The van der Waals surface area contributed by atoms with Crippen molar-refractivity contribution in [3.8, 4) is 0 Å². The van der Waals surface area contributed by atoms with Crippen molar-refractivity contribution < 1.29 is 0 Å². The second kappa shape index (κ2) is 2.10. The summed E-state index contributed by atoms with van der Waals surface area (Å²) in [6.07, 6.45) is 0. The number of nitrogen functional groups attached to an aromatic ring is 1. The Kier molecular flexibility index (Phi) is 1.22. The summed E-state index contributed by atoms with van der Waals surface area (Å²) in [4.78, 5) is 0. The first-order valence-corrected chi connectivity index (χ1v) is 3.38. The van der Waals surface area contributed by atoms with Crippen molar-refractivity contribution in [3.63, 3.8) is 0 Å². The summed E-state index contributed by atoms with van der Waals surface area (Å²) in [5, 5.41) is 7.73. The molecule has 56 valence electrons. The molecule has 1 heterocycles. The molecule has 0 aliphatic rings. The van der Waals surface area contributed by atoms with Gasteiger partial charge in [0.1, 0.15) is 11.0 Å². The minimum absolute atomic E-state index is 0.662. The number of fused-ring (bicyclic) bond motifs is 1. The van der Waals surface area contributed by atoms with E-state index >= 15 is 0 Å². The van der Waals surface area contributed by atoms with Crippen LogP contribution in [-0.4, -0.2) is 14.5 Å². The van der Waals surface area contributed by atoms with E-state index in [1.165, 1.54) is 0 Å². The molecule has 0 radical (unpaired) electrons. The van der Waals surface area contributed by atoms with Crippen molar-refractivity contribution in [2.45, 2.75) is 0 Å². The van der Waals surface area contributed by atoms with Gasteiger partial charge in [-0.1, -0.05) is 4.32 Å². The molecule has 4 nitrogen and oxygen atoms in total. The van der Waals surface area contributed by atoms with Crippen LogP contribution in [0.5, 0.6) is 0 Å². The fourth-order valence-electron chi connectivity index (χ4n) is 0.905. The third kappa shape index (κ3) is 1.01. The lowest BCUT2D eigenvalue weighted by Crippen LogP contribution is -1.82. The SMILES string of the molecule is Nc1ccc2nn(Cl)nc2c1. The van der Waals surface area contributed by atoms with Gasteiger partial charge in [0.25, 0.3) is 0 Å². The summed E-state index contributed by atoms with van der Waals surface area (Å²) in [6.45, 7) is 0. The average molecular weight is 169 g/mol. The van der Waals surface area contributed by atoms with Crippen LogP contribution in [0, 0.1) is 0 Å². The molecular formula is C6H5ClN4. The molecule has 0 saturated heterocycles. The number of hydrogen-bond acceptors (Lipinski definition) is 3. The molecule has 0 amide bonds. The van der Waals surface area contributed by atoms with E-state index in [0.717, 1.165) is 9.83 Å². The lowest BCUT2D eigenvalue weighted by Gasteiger charge is -1.87. The van der Waals surface area contributed by atoms with Gasteiger partial charge in [-0.3, -0.25) is 0 Å². The highest BCUT2D eigenvalue weighted by atomic mass is 35.5. The lowest BCUT2D eigenvalue weighted by molar-refractivity contribution is 0.865. The van der Waals surface area contributed by atoms with Crippen LogP contribution >= 0.6 is 11.8 Å². The van der Waals surface area contributed by atoms with Crippen molar-refractivity contribution in [2.75, 3.05) is 5.73 Å². The molecule has 1 aromatic heterocycles. The number of nitrogens with zero attached hydrogens (tertiary/aromatic N) is 3. The van der Waals surface area contributed by atoms with E-state index in [1.807, 2.05) is 0 Å². The van der Waals surface area contributed by atoms with Crippen LogP contribution in [0.25, 0.3) is 11.0 Å². The monoisotopic (exact) mass is 168 g/mol. The second-order valence-corrected chi connectivity index (χ2v) is 2.49. The van der Waals surface area contributed by atoms with Gasteiger partial charge in [0.15, 0.2) is 0 Å². The molecule has 1 aromatic carbocycles. The third-order valence-electron chi connectivity index (χ3n) is 1.38. The summed E-state index contributed by atoms with van der Waals surface area (Å²) >= 11 is 5.49. The molecule has 0 aliphatic carbocycles. The van der Waals surface area contributed by atoms with E-state index in [0.29, 0.717) is 11.2 Å². The lowest BCUT2D eigenvalue weighted by atomic mass is 10.3. The topological polar surface area (TPSA) is 56.7 Å². The van der Waals surface area contributed by atoms with Crippen molar-refractivity contribution in [1.82, 2.24) is 14.5 Å². The van der Waals surface area contributed by atoms with E-state index < -0.39 is 0 Å². The van der Waals surface area contributed by atoms with E-state index in [1.54, 1.807) is 18.2 Å². The highest BCUT2D eigenvalue weighted by Gasteiger charge is 1.99. The Morgan fingerprint density at radius 1 is 1.27 bits per heavy atom. The first kappa shape index (κ1) is 6.42. The molecule has 2 rings (SSSR count). The van der Waals surface area contributed by atoms with E-state index in [9.17, 15) is 0 Å². The summed E-state index contributed by atoms with van der Waals surface area (Å²) < 4.78 is 1.00. The first-order chi connectivity index (χ1) is 5.25. The minimum atomic E-state index is 0.662. The van der Waals surface area contributed by atoms with Gasteiger partial charge in [-0.15, -0.1) is 10.2 Å². The summed E-state index contributed by atoms with van der Waals surface area (Å²) in [6, 6.07) is 5.26. The van der Waals surface area contributed by atoms with Gasteiger partial charge in [-0.25, -0.2) is 0 Å². The predicted octanol–water partition coefficient (Wildman–Crippen LogP) is 1.02. The molecular weight excluding hydrogens is 164 g/mol. The van der Waals surface area contributed by atoms with Gasteiger partial charge in [-0.2, -0.15) is 0 Å². The van der Waals surface area contributed by atoms with Gasteiger partial charge in [-0.05, 0) is 18.2 Å². The zero-order valence-corrected chi connectivity index (χ0v) is 6.28. The Labute approximate surface area is 67.7 Å². The Morgan fingerprint density at radius 3 is 2.82 bits per heavy atom. The maximum Gasteiger partial charge on any atom is 0.116 e. The molecule has 2 N–H and O–H groups in total. The van der Waals surface area contributed by atoms with E-state index in [4.69, 9.17) is 17.5 Å². The Hall–Kier alpha value is -1.29. The summed E-state index contributed by atoms with van der Waals surface area (Å²) in [5.41, 5.74) is 7.63. The molecule has 0 atom stereocenters. The number of halogens is 1. The molecule has 0 aliphatic heterocycles. The van der Waals surface area contributed by atoms with Crippen LogP contribution in [0.2, 0.25) is 0 Å². The first-order valence-electron chi connectivity index (χ1n) is 3.04. The second-order valence-electron chi connectivity index (χ2n) is 2.19. The van der Waals surface area contributed by atoms with Crippen LogP contribution < -0.4 is 5.73 Å². The van der Waals surface area contributed by atoms with Crippen molar-refractivity contribution >= 4 is 28.5 Å². The van der Waals surface area contributed by atoms with Crippen molar-refractivity contribution in [2.24, 2.45) is 0 Å². The van der Waals surface area contributed by atoms with Gasteiger partial charge in [0, 0.05) is 5.69 Å².